The van der Waals surface area contributed by atoms with Crippen LogP contribution in [0.5, 0.6) is 0 Å². The van der Waals surface area contributed by atoms with Crippen molar-refractivity contribution >= 4 is 15.9 Å². The molecule has 130 valence electrons. The Morgan fingerprint density at radius 2 is 2.08 bits per heavy atom. The molecule has 1 aromatic heterocycles. The molecular weight excluding hydrogens is 330 g/mol. The molecule has 1 aromatic carbocycles. The molecule has 1 heterocycles. The molecule has 0 saturated carbocycles. The molecule has 2 aromatic rings. The van der Waals surface area contributed by atoms with E-state index >= 15 is 0 Å². The van der Waals surface area contributed by atoms with Gasteiger partial charge in [0.15, 0.2) is 0 Å². The highest BCUT2D eigenvalue weighted by Gasteiger charge is 2.20. The predicted octanol–water partition coefficient (Wildman–Crippen LogP) is -0.0949. The van der Waals surface area contributed by atoms with Crippen LogP contribution in [0.2, 0.25) is 0 Å². The van der Waals surface area contributed by atoms with Gasteiger partial charge in [0, 0.05) is 25.4 Å². The van der Waals surface area contributed by atoms with Crippen molar-refractivity contribution in [2.24, 2.45) is 7.05 Å². The zero-order valence-corrected chi connectivity index (χ0v) is 14.6. The molecular formula is C15H21N5O3S. The number of nitrogens with one attached hydrogen (secondary N) is 3. The zero-order valence-electron chi connectivity index (χ0n) is 13.8. The van der Waals surface area contributed by atoms with Crippen LogP contribution in [0.4, 0.5) is 0 Å². The minimum atomic E-state index is -3.51. The first kappa shape index (κ1) is 18.1. The van der Waals surface area contributed by atoms with Crippen LogP contribution in [0.1, 0.15) is 17.2 Å². The van der Waals surface area contributed by atoms with Crippen LogP contribution in [-0.2, 0) is 28.4 Å². The number of aryl methyl sites for hydroxylation is 1. The second-order valence-corrected chi connectivity index (χ2v) is 7.13. The van der Waals surface area contributed by atoms with E-state index in [-0.39, 0.29) is 17.3 Å². The average molecular weight is 351 g/mol. The summed E-state index contributed by atoms with van der Waals surface area (Å²) in [5, 5.41) is 9.80. The Bertz CT molecular complexity index is 816. The lowest BCUT2D eigenvalue weighted by Gasteiger charge is -2.15. The molecule has 1 atom stereocenters. The maximum Gasteiger partial charge on any atom is 0.242 e. The van der Waals surface area contributed by atoms with E-state index in [1.165, 1.54) is 19.2 Å². The van der Waals surface area contributed by atoms with Gasteiger partial charge in [0.25, 0.3) is 0 Å². The molecule has 8 nitrogen and oxygen atoms in total. The molecule has 0 aliphatic carbocycles. The van der Waals surface area contributed by atoms with Crippen molar-refractivity contribution in [1.82, 2.24) is 25.1 Å². The fraction of sp³-hybridized carbons (Fsp3) is 0.333. The summed E-state index contributed by atoms with van der Waals surface area (Å²) in [7, 11) is 1.32. The first-order valence-corrected chi connectivity index (χ1v) is 8.81. The van der Waals surface area contributed by atoms with Crippen LogP contribution in [0.15, 0.2) is 41.6 Å². The molecule has 3 N–H and O–H groups in total. The van der Waals surface area contributed by atoms with Gasteiger partial charge in [0.1, 0.15) is 6.04 Å². The topological polar surface area (TPSA) is 105 Å². The van der Waals surface area contributed by atoms with Gasteiger partial charge in [0.05, 0.1) is 11.1 Å². The number of aromatic nitrogens is 2. The average Bonchev–Trinajstić information content (AvgIpc) is 3.00. The van der Waals surface area contributed by atoms with Gasteiger partial charge >= 0.3 is 0 Å². The SMILES string of the molecule is CNC(C(=O)NCc1cccc(S(=O)(=O)NC)c1)c1cnn(C)c1. The molecule has 2 rings (SSSR count). The Balaban J connectivity index is 2.07. The van der Waals surface area contributed by atoms with Gasteiger partial charge in [-0.05, 0) is 31.8 Å². The molecule has 1 unspecified atom stereocenters. The largest absolute Gasteiger partial charge is 0.350 e. The number of benzene rings is 1. The normalized spacial score (nSPS) is 12.8. The third kappa shape index (κ3) is 4.19. The number of amides is 1. The summed E-state index contributed by atoms with van der Waals surface area (Å²) >= 11 is 0. The first-order chi connectivity index (χ1) is 11.4. The lowest BCUT2D eigenvalue weighted by Crippen LogP contribution is -2.35. The fourth-order valence-electron chi connectivity index (χ4n) is 2.27. The lowest BCUT2D eigenvalue weighted by molar-refractivity contribution is -0.123. The van der Waals surface area contributed by atoms with Gasteiger partial charge in [-0.3, -0.25) is 9.48 Å². The molecule has 0 fully saturated rings. The minimum absolute atomic E-state index is 0.161. The Hall–Kier alpha value is -2.23. The smallest absolute Gasteiger partial charge is 0.242 e. The van der Waals surface area contributed by atoms with Gasteiger partial charge in [-0.1, -0.05) is 12.1 Å². The van der Waals surface area contributed by atoms with Gasteiger partial charge in [-0.25, -0.2) is 13.1 Å². The summed E-state index contributed by atoms with van der Waals surface area (Å²) in [6.07, 6.45) is 3.39. The summed E-state index contributed by atoms with van der Waals surface area (Å²) in [6, 6.07) is 5.91. The summed E-state index contributed by atoms with van der Waals surface area (Å²) in [5.41, 5.74) is 1.45. The third-order valence-electron chi connectivity index (χ3n) is 3.55. The zero-order chi connectivity index (χ0) is 17.7. The number of hydrogen-bond acceptors (Lipinski definition) is 5. The highest BCUT2D eigenvalue weighted by molar-refractivity contribution is 7.89. The number of carbonyl (C=O) groups is 1. The van der Waals surface area contributed by atoms with Crippen LogP contribution in [0, 0.1) is 0 Å². The molecule has 0 spiro atoms. The molecule has 0 aliphatic rings. The van der Waals surface area contributed by atoms with Crippen molar-refractivity contribution in [3.8, 4) is 0 Å². The molecule has 24 heavy (non-hydrogen) atoms. The third-order valence-corrected chi connectivity index (χ3v) is 4.97. The van der Waals surface area contributed by atoms with Crippen molar-refractivity contribution in [3.05, 3.63) is 47.8 Å². The second-order valence-electron chi connectivity index (χ2n) is 5.24. The molecule has 0 radical (unpaired) electrons. The van der Waals surface area contributed by atoms with Gasteiger partial charge in [-0.2, -0.15) is 5.10 Å². The Kier molecular flexibility index (Phi) is 5.71. The van der Waals surface area contributed by atoms with Crippen molar-refractivity contribution in [2.45, 2.75) is 17.5 Å². The van der Waals surface area contributed by atoms with E-state index in [1.807, 2.05) is 0 Å². The van der Waals surface area contributed by atoms with Crippen molar-refractivity contribution in [3.63, 3.8) is 0 Å². The highest BCUT2D eigenvalue weighted by atomic mass is 32.2. The Morgan fingerprint density at radius 3 is 2.67 bits per heavy atom. The number of rotatable bonds is 7. The van der Waals surface area contributed by atoms with Gasteiger partial charge in [-0.15, -0.1) is 0 Å². The summed E-state index contributed by atoms with van der Waals surface area (Å²) in [6.45, 7) is 0.227. The van der Waals surface area contributed by atoms with E-state index < -0.39 is 16.1 Å². The van der Waals surface area contributed by atoms with E-state index in [2.05, 4.69) is 20.5 Å². The van der Waals surface area contributed by atoms with Crippen LogP contribution in [0.25, 0.3) is 0 Å². The van der Waals surface area contributed by atoms with E-state index in [1.54, 1.807) is 43.3 Å². The van der Waals surface area contributed by atoms with Crippen molar-refractivity contribution < 1.29 is 13.2 Å². The summed E-state index contributed by atoms with van der Waals surface area (Å²) in [5.74, 6) is -0.215. The number of likely N-dealkylation sites (N-methyl/N-ethyl adjacent to an activating group) is 1. The lowest BCUT2D eigenvalue weighted by atomic mass is 10.1. The minimum Gasteiger partial charge on any atom is -0.350 e. The van der Waals surface area contributed by atoms with Crippen molar-refractivity contribution in [1.29, 1.82) is 0 Å². The van der Waals surface area contributed by atoms with Crippen LogP contribution in [0.3, 0.4) is 0 Å². The quantitative estimate of drug-likeness (QED) is 0.646. The summed E-state index contributed by atoms with van der Waals surface area (Å²) < 4.78 is 27.5. The van der Waals surface area contributed by atoms with E-state index in [9.17, 15) is 13.2 Å². The molecule has 1 amide bonds. The molecule has 9 heteroatoms. The van der Waals surface area contributed by atoms with E-state index in [0.717, 1.165) is 5.56 Å². The second kappa shape index (κ2) is 7.56. The number of nitrogens with zero attached hydrogens (tertiary/aromatic N) is 2. The Morgan fingerprint density at radius 1 is 1.33 bits per heavy atom. The maximum absolute atomic E-state index is 12.4. The highest BCUT2D eigenvalue weighted by Crippen LogP contribution is 2.13. The van der Waals surface area contributed by atoms with E-state index in [4.69, 9.17) is 0 Å². The number of sulfonamides is 1. The Labute approximate surface area is 141 Å². The predicted molar refractivity (Wildman–Crippen MR) is 89.5 cm³/mol. The van der Waals surface area contributed by atoms with Crippen molar-refractivity contribution in [2.75, 3.05) is 14.1 Å². The molecule has 0 bridgehead atoms. The first-order valence-electron chi connectivity index (χ1n) is 7.33. The standard InChI is InChI=1S/C15H21N5O3S/c1-16-14(12-9-19-20(3)10-12)15(21)18-8-11-5-4-6-13(7-11)24(22,23)17-2/h4-7,9-10,14,16-17H,8H2,1-3H3,(H,18,21). The van der Waals surface area contributed by atoms with Crippen LogP contribution >= 0.6 is 0 Å². The van der Waals surface area contributed by atoms with E-state index in [0.29, 0.717) is 5.56 Å². The number of hydrogen-bond donors (Lipinski definition) is 3. The maximum atomic E-state index is 12.4. The molecule has 0 saturated heterocycles. The fourth-order valence-corrected chi connectivity index (χ4v) is 3.07. The number of carbonyl (C=O) groups excluding carboxylic acids is 1. The molecule has 0 aliphatic heterocycles. The van der Waals surface area contributed by atoms with Gasteiger partial charge in [0.2, 0.25) is 15.9 Å². The summed E-state index contributed by atoms with van der Waals surface area (Å²) in [4.78, 5) is 12.5. The van der Waals surface area contributed by atoms with Crippen LogP contribution < -0.4 is 15.4 Å². The van der Waals surface area contributed by atoms with Gasteiger partial charge < -0.3 is 10.6 Å². The van der Waals surface area contributed by atoms with Crippen LogP contribution in [-0.4, -0.2) is 38.2 Å². The monoisotopic (exact) mass is 351 g/mol.